The van der Waals surface area contributed by atoms with Gasteiger partial charge in [0.05, 0.1) is 0 Å². The fourth-order valence-corrected chi connectivity index (χ4v) is 2.41. The fraction of sp³-hybridized carbons (Fsp3) is 0.944. The minimum absolute atomic E-state index is 0. The molecule has 0 aromatic rings. The van der Waals surface area contributed by atoms with E-state index in [0.717, 1.165) is 71.3 Å². The number of nitrogens with one attached hydrogen (secondary N) is 2. The number of nitrogens with zero attached hydrogens (tertiary/aromatic N) is 1. The van der Waals surface area contributed by atoms with E-state index >= 15 is 0 Å². The molecule has 1 aliphatic rings. The first-order chi connectivity index (χ1) is 11.3. The molecular weight excluding hydrogens is 417 g/mol. The Bertz CT molecular complexity index is 323. The zero-order chi connectivity index (χ0) is 16.8. The van der Waals surface area contributed by atoms with E-state index in [1.807, 2.05) is 0 Å². The Morgan fingerprint density at radius 3 is 2.38 bits per heavy atom. The molecular formula is C18H38IN3O2. The molecule has 1 aliphatic carbocycles. The number of hydrogen-bond donors (Lipinski definition) is 2. The zero-order valence-corrected chi connectivity index (χ0v) is 18.2. The fourth-order valence-electron chi connectivity index (χ4n) is 2.41. The molecule has 144 valence electrons. The highest BCUT2D eigenvalue weighted by Crippen LogP contribution is 2.48. The quantitative estimate of drug-likeness (QED) is 0.182. The smallest absolute Gasteiger partial charge is 0.191 e. The van der Waals surface area contributed by atoms with Gasteiger partial charge in [0.1, 0.15) is 0 Å². The number of rotatable bonds is 14. The number of hydrogen-bond acceptors (Lipinski definition) is 3. The van der Waals surface area contributed by atoms with Crippen LogP contribution >= 0.6 is 24.0 Å². The van der Waals surface area contributed by atoms with E-state index in [4.69, 9.17) is 14.5 Å². The lowest BCUT2D eigenvalue weighted by atomic mass is 10.0. The van der Waals surface area contributed by atoms with Crippen LogP contribution in [0.15, 0.2) is 4.99 Å². The third-order valence-corrected chi connectivity index (χ3v) is 4.25. The van der Waals surface area contributed by atoms with Crippen molar-refractivity contribution in [3.8, 4) is 0 Å². The van der Waals surface area contributed by atoms with Crippen LogP contribution in [0.5, 0.6) is 0 Å². The molecule has 0 bridgehead atoms. The third-order valence-electron chi connectivity index (χ3n) is 4.25. The third kappa shape index (κ3) is 11.5. The molecule has 0 radical (unpaired) electrons. The summed E-state index contributed by atoms with van der Waals surface area (Å²) in [6.45, 7) is 12.4. The van der Waals surface area contributed by atoms with Crippen molar-refractivity contribution >= 4 is 29.9 Å². The highest BCUT2D eigenvalue weighted by atomic mass is 127. The summed E-state index contributed by atoms with van der Waals surface area (Å²) in [5.74, 6) is 0.934. The maximum atomic E-state index is 5.58. The van der Waals surface area contributed by atoms with E-state index in [1.165, 1.54) is 19.3 Å². The van der Waals surface area contributed by atoms with Gasteiger partial charge in [-0.25, -0.2) is 0 Å². The highest BCUT2D eigenvalue weighted by Gasteiger charge is 2.41. The van der Waals surface area contributed by atoms with Crippen LogP contribution in [0.2, 0.25) is 0 Å². The maximum Gasteiger partial charge on any atom is 0.191 e. The van der Waals surface area contributed by atoms with Crippen molar-refractivity contribution in [2.75, 3.05) is 46.1 Å². The average Bonchev–Trinajstić information content (AvgIpc) is 3.32. The number of aliphatic imine (C=N–C) groups is 1. The lowest BCUT2D eigenvalue weighted by Crippen LogP contribution is -2.38. The maximum absolute atomic E-state index is 5.58. The summed E-state index contributed by atoms with van der Waals surface area (Å²) in [6, 6.07) is 0. The van der Waals surface area contributed by atoms with Crippen molar-refractivity contribution in [3.05, 3.63) is 0 Å². The summed E-state index contributed by atoms with van der Waals surface area (Å²) in [6.07, 6.45) is 7.07. The zero-order valence-electron chi connectivity index (χ0n) is 15.9. The van der Waals surface area contributed by atoms with E-state index in [-0.39, 0.29) is 24.0 Å². The highest BCUT2D eigenvalue weighted by molar-refractivity contribution is 14.0. The topological polar surface area (TPSA) is 54.9 Å². The van der Waals surface area contributed by atoms with Gasteiger partial charge in [-0.15, -0.1) is 24.0 Å². The molecule has 1 fully saturated rings. The second-order valence-electron chi connectivity index (χ2n) is 6.39. The van der Waals surface area contributed by atoms with Crippen molar-refractivity contribution in [3.63, 3.8) is 0 Å². The predicted molar refractivity (Wildman–Crippen MR) is 113 cm³/mol. The van der Waals surface area contributed by atoms with Gasteiger partial charge in [-0.3, -0.25) is 4.99 Å². The molecule has 0 saturated heterocycles. The Morgan fingerprint density at radius 1 is 1.00 bits per heavy atom. The van der Waals surface area contributed by atoms with Crippen LogP contribution in [0.3, 0.4) is 0 Å². The van der Waals surface area contributed by atoms with Crippen molar-refractivity contribution in [1.82, 2.24) is 10.6 Å². The van der Waals surface area contributed by atoms with Crippen LogP contribution in [0, 0.1) is 5.41 Å². The SMILES string of the molecule is CCCCOCCCNC(=NCC1(CCOCC)CC1)NCC.I. The number of unbranched alkanes of at least 4 members (excludes halogenated alkanes) is 1. The minimum Gasteiger partial charge on any atom is -0.382 e. The Morgan fingerprint density at radius 2 is 1.75 bits per heavy atom. The van der Waals surface area contributed by atoms with Gasteiger partial charge in [-0.1, -0.05) is 13.3 Å². The molecule has 6 heteroatoms. The molecule has 0 spiro atoms. The molecule has 0 aliphatic heterocycles. The summed E-state index contributed by atoms with van der Waals surface area (Å²) < 4.78 is 11.1. The molecule has 24 heavy (non-hydrogen) atoms. The Labute approximate surface area is 165 Å². The molecule has 0 aromatic heterocycles. The second kappa shape index (κ2) is 15.2. The summed E-state index contributed by atoms with van der Waals surface area (Å²) in [5, 5.41) is 6.74. The van der Waals surface area contributed by atoms with Crippen molar-refractivity contribution in [1.29, 1.82) is 0 Å². The molecule has 1 saturated carbocycles. The summed E-state index contributed by atoms with van der Waals surface area (Å²) in [5.41, 5.74) is 0.404. The second-order valence-corrected chi connectivity index (χ2v) is 6.39. The van der Waals surface area contributed by atoms with Gasteiger partial charge < -0.3 is 20.1 Å². The van der Waals surface area contributed by atoms with Crippen LogP contribution in [-0.2, 0) is 9.47 Å². The molecule has 0 atom stereocenters. The Hall–Kier alpha value is -0.0800. The number of guanidine groups is 1. The number of ether oxygens (including phenoxy) is 2. The molecule has 5 nitrogen and oxygen atoms in total. The van der Waals surface area contributed by atoms with Crippen LogP contribution in [0.1, 0.15) is 59.3 Å². The van der Waals surface area contributed by atoms with Gasteiger partial charge in [-0.05, 0) is 51.4 Å². The summed E-state index contributed by atoms with van der Waals surface area (Å²) >= 11 is 0. The van der Waals surface area contributed by atoms with Gasteiger partial charge in [0, 0.05) is 46.1 Å². The first-order valence-electron chi connectivity index (χ1n) is 9.44. The number of halogens is 1. The van der Waals surface area contributed by atoms with Gasteiger partial charge in [-0.2, -0.15) is 0 Å². The summed E-state index contributed by atoms with van der Waals surface area (Å²) in [4.78, 5) is 4.77. The van der Waals surface area contributed by atoms with Gasteiger partial charge in [0.15, 0.2) is 5.96 Å². The Kier molecular flexibility index (Phi) is 15.1. The van der Waals surface area contributed by atoms with E-state index in [2.05, 4.69) is 31.4 Å². The monoisotopic (exact) mass is 455 g/mol. The van der Waals surface area contributed by atoms with Gasteiger partial charge in [0.25, 0.3) is 0 Å². The lowest BCUT2D eigenvalue weighted by molar-refractivity contribution is 0.129. The minimum atomic E-state index is 0. The van der Waals surface area contributed by atoms with Crippen molar-refractivity contribution in [2.24, 2.45) is 10.4 Å². The van der Waals surface area contributed by atoms with E-state index in [9.17, 15) is 0 Å². The van der Waals surface area contributed by atoms with Crippen LogP contribution in [0.4, 0.5) is 0 Å². The lowest BCUT2D eigenvalue weighted by Gasteiger charge is -2.15. The first-order valence-corrected chi connectivity index (χ1v) is 9.44. The van der Waals surface area contributed by atoms with Gasteiger partial charge in [0.2, 0.25) is 0 Å². The largest absolute Gasteiger partial charge is 0.382 e. The molecule has 0 amide bonds. The predicted octanol–water partition coefficient (Wildman–Crippen LogP) is 3.57. The van der Waals surface area contributed by atoms with E-state index in [1.54, 1.807) is 0 Å². The molecule has 0 heterocycles. The van der Waals surface area contributed by atoms with Crippen molar-refractivity contribution in [2.45, 2.75) is 59.3 Å². The molecule has 0 unspecified atom stereocenters. The molecule has 1 rings (SSSR count). The first kappa shape index (κ1) is 23.9. The normalized spacial score (nSPS) is 15.7. The van der Waals surface area contributed by atoms with Crippen LogP contribution < -0.4 is 10.6 Å². The molecule has 2 N–H and O–H groups in total. The van der Waals surface area contributed by atoms with Crippen molar-refractivity contribution < 1.29 is 9.47 Å². The summed E-state index contributed by atoms with van der Waals surface area (Å²) in [7, 11) is 0. The molecule has 0 aromatic carbocycles. The van der Waals surface area contributed by atoms with Crippen LogP contribution in [-0.4, -0.2) is 52.0 Å². The Balaban J connectivity index is 0.00000529. The van der Waals surface area contributed by atoms with E-state index in [0.29, 0.717) is 5.41 Å². The van der Waals surface area contributed by atoms with Crippen LogP contribution in [0.25, 0.3) is 0 Å². The van der Waals surface area contributed by atoms with E-state index < -0.39 is 0 Å². The standard InChI is InChI=1S/C18H37N3O2.HI/c1-4-7-13-23-14-8-12-20-17(19-5-2)21-16-18(9-10-18)11-15-22-6-3;/h4-16H2,1-3H3,(H2,19,20,21);1H. The average molecular weight is 455 g/mol. The van der Waals surface area contributed by atoms with Gasteiger partial charge >= 0.3 is 0 Å².